The van der Waals surface area contributed by atoms with E-state index in [9.17, 15) is 0 Å². The van der Waals surface area contributed by atoms with Gasteiger partial charge in [0.2, 0.25) is 0 Å². The SMILES string of the molecule is C=CCc1c[c-]ccc1.[Br-].[Mg+2]. The maximum atomic E-state index is 3.64. The summed E-state index contributed by atoms with van der Waals surface area (Å²) in [5, 5.41) is 0. The van der Waals surface area contributed by atoms with E-state index in [1.165, 1.54) is 5.56 Å². The molecule has 0 saturated heterocycles. The minimum atomic E-state index is 0. The number of rotatable bonds is 2. The molecule has 0 amide bonds. The average molecular weight is 221 g/mol. The van der Waals surface area contributed by atoms with Gasteiger partial charge in [0.1, 0.15) is 0 Å². The average Bonchev–Trinajstić information content (AvgIpc) is 1.91. The van der Waals surface area contributed by atoms with Crippen LogP contribution < -0.4 is 17.0 Å². The van der Waals surface area contributed by atoms with Gasteiger partial charge >= 0.3 is 23.1 Å². The van der Waals surface area contributed by atoms with E-state index in [0.29, 0.717) is 0 Å². The standard InChI is InChI=1S/C9H9.BrH.Mg/c1-2-6-9-7-4-3-5-8-9;;/h2-4,7-8H,1,6H2;1H;/q-1;;+2/p-1. The quantitative estimate of drug-likeness (QED) is 0.336. The Balaban J connectivity index is 0. The van der Waals surface area contributed by atoms with Crippen LogP contribution in [-0.4, -0.2) is 23.1 Å². The van der Waals surface area contributed by atoms with E-state index >= 15 is 0 Å². The maximum absolute atomic E-state index is 3.64. The minimum Gasteiger partial charge on any atom is -1.00 e. The largest absolute Gasteiger partial charge is 2.00 e. The second-order valence-corrected chi connectivity index (χ2v) is 1.90. The molecule has 0 nitrogen and oxygen atoms in total. The molecular weight excluding hydrogens is 212 g/mol. The summed E-state index contributed by atoms with van der Waals surface area (Å²) in [6, 6.07) is 10.9. The predicted octanol–water partition coefficient (Wildman–Crippen LogP) is -1.16. The van der Waals surface area contributed by atoms with Gasteiger partial charge in [0.05, 0.1) is 0 Å². The minimum absolute atomic E-state index is 0. The Kier molecular flexibility index (Phi) is 10.4. The number of halogens is 1. The van der Waals surface area contributed by atoms with Gasteiger partial charge in [0.15, 0.2) is 0 Å². The van der Waals surface area contributed by atoms with E-state index in [1.807, 2.05) is 24.3 Å². The van der Waals surface area contributed by atoms with Gasteiger partial charge in [-0.3, -0.25) is 0 Å². The molecule has 0 atom stereocenters. The fourth-order valence-electron chi connectivity index (χ4n) is 0.724. The molecule has 0 unspecified atom stereocenters. The molecule has 54 valence electrons. The van der Waals surface area contributed by atoms with Crippen molar-refractivity contribution in [3.8, 4) is 0 Å². The molecule has 1 rings (SSSR count). The van der Waals surface area contributed by atoms with Crippen molar-refractivity contribution in [2.24, 2.45) is 0 Å². The molecule has 0 aliphatic carbocycles. The van der Waals surface area contributed by atoms with Crippen LogP contribution in [0.15, 0.2) is 36.9 Å². The Bertz CT molecular complexity index is 184. The summed E-state index contributed by atoms with van der Waals surface area (Å²) in [5.41, 5.74) is 1.27. The molecule has 0 aliphatic heterocycles. The second kappa shape index (κ2) is 8.30. The van der Waals surface area contributed by atoms with E-state index in [2.05, 4.69) is 18.7 Å². The molecule has 1 aromatic rings. The predicted molar refractivity (Wildman–Crippen MR) is 44.9 cm³/mol. The summed E-state index contributed by atoms with van der Waals surface area (Å²) in [6.07, 6.45) is 2.83. The first kappa shape index (κ1) is 13.8. The first-order valence-electron chi connectivity index (χ1n) is 2.99. The molecule has 2 heteroatoms. The molecule has 0 saturated carbocycles. The summed E-state index contributed by atoms with van der Waals surface area (Å²) in [7, 11) is 0. The Hall–Kier alpha value is 0.206. The van der Waals surface area contributed by atoms with E-state index in [1.54, 1.807) is 0 Å². The van der Waals surface area contributed by atoms with E-state index in [0.717, 1.165) is 6.42 Å². The number of allylic oxidation sites excluding steroid dienone is 1. The summed E-state index contributed by atoms with van der Waals surface area (Å²) in [4.78, 5) is 0. The zero-order valence-corrected chi connectivity index (χ0v) is 9.39. The van der Waals surface area contributed by atoms with Crippen LogP contribution in [-0.2, 0) is 6.42 Å². The van der Waals surface area contributed by atoms with Gasteiger partial charge in [-0.1, -0.05) is 12.5 Å². The molecule has 0 aromatic heterocycles. The number of hydrogen-bond acceptors (Lipinski definition) is 0. The third-order valence-electron chi connectivity index (χ3n) is 1.15. The Morgan fingerprint density at radius 1 is 1.55 bits per heavy atom. The van der Waals surface area contributed by atoms with Crippen molar-refractivity contribution in [3.05, 3.63) is 48.6 Å². The smallest absolute Gasteiger partial charge is 1.00 e. The number of hydrogen-bond donors (Lipinski definition) is 0. The van der Waals surface area contributed by atoms with Gasteiger partial charge in [-0.05, 0) is 0 Å². The molecule has 11 heavy (non-hydrogen) atoms. The molecule has 0 spiro atoms. The van der Waals surface area contributed by atoms with Crippen LogP contribution in [0.4, 0.5) is 0 Å². The first-order valence-corrected chi connectivity index (χ1v) is 2.99. The van der Waals surface area contributed by atoms with E-state index in [-0.39, 0.29) is 40.0 Å². The van der Waals surface area contributed by atoms with Crippen LogP contribution in [0.1, 0.15) is 5.56 Å². The summed E-state index contributed by atoms with van der Waals surface area (Å²) < 4.78 is 0. The van der Waals surface area contributed by atoms with Gasteiger partial charge in [0, 0.05) is 0 Å². The second-order valence-electron chi connectivity index (χ2n) is 1.90. The van der Waals surface area contributed by atoms with Crippen molar-refractivity contribution in [1.82, 2.24) is 0 Å². The van der Waals surface area contributed by atoms with Crippen LogP contribution in [0, 0.1) is 6.07 Å². The maximum Gasteiger partial charge on any atom is 2.00 e. The van der Waals surface area contributed by atoms with Crippen molar-refractivity contribution in [1.29, 1.82) is 0 Å². The van der Waals surface area contributed by atoms with Crippen LogP contribution in [0.25, 0.3) is 0 Å². The van der Waals surface area contributed by atoms with Crippen molar-refractivity contribution >= 4 is 23.1 Å². The van der Waals surface area contributed by atoms with Crippen LogP contribution in [0.3, 0.4) is 0 Å². The molecule has 0 N–H and O–H groups in total. The Morgan fingerprint density at radius 2 is 2.27 bits per heavy atom. The van der Waals surface area contributed by atoms with Gasteiger partial charge in [-0.15, -0.1) is 6.58 Å². The van der Waals surface area contributed by atoms with Crippen LogP contribution >= 0.6 is 0 Å². The molecule has 0 heterocycles. The topological polar surface area (TPSA) is 0 Å². The van der Waals surface area contributed by atoms with Gasteiger partial charge in [0.25, 0.3) is 0 Å². The summed E-state index contributed by atoms with van der Waals surface area (Å²) in [6.45, 7) is 3.64. The third kappa shape index (κ3) is 5.47. The van der Waals surface area contributed by atoms with Crippen molar-refractivity contribution in [2.45, 2.75) is 6.42 Å². The zero-order valence-electron chi connectivity index (χ0n) is 6.39. The fraction of sp³-hybridized carbons (Fsp3) is 0.111. The molecule has 1 aromatic carbocycles. The Morgan fingerprint density at radius 3 is 2.73 bits per heavy atom. The zero-order chi connectivity index (χ0) is 6.53. The van der Waals surface area contributed by atoms with Gasteiger partial charge in [-0.2, -0.15) is 35.9 Å². The monoisotopic (exact) mass is 220 g/mol. The third-order valence-corrected chi connectivity index (χ3v) is 1.15. The van der Waals surface area contributed by atoms with E-state index < -0.39 is 0 Å². The molecule has 0 bridgehead atoms. The number of benzene rings is 1. The van der Waals surface area contributed by atoms with Crippen LogP contribution in [0.5, 0.6) is 0 Å². The van der Waals surface area contributed by atoms with Crippen molar-refractivity contribution in [2.75, 3.05) is 0 Å². The van der Waals surface area contributed by atoms with Crippen molar-refractivity contribution < 1.29 is 17.0 Å². The molecular formula is C9H9BrMg. The van der Waals surface area contributed by atoms with E-state index in [4.69, 9.17) is 0 Å². The summed E-state index contributed by atoms with van der Waals surface area (Å²) >= 11 is 0. The molecule has 0 radical (unpaired) electrons. The Labute approximate surface area is 94.6 Å². The first-order chi connectivity index (χ1) is 4.43. The van der Waals surface area contributed by atoms with Gasteiger partial charge < -0.3 is 17.0 Å². The van der Waals surface area contributed by atoms with Crippen molar-refractivity contribution in [3.63, 3.8) is 0 Å². The molecule has 0 aliphatic rings. The van der Waals surface area contributed by atoms with Crippen LogP contribution in [0.2, 0.25) is 0 Å². The molecule has 0 fully saturated rings. The normalized spacial score (nSPS) is 7.27. The summed E-state index contributed by atoms with van der Waals surface area (Å²) in [5.74, 6) is 0. The fourth-order valence-corrected chi connectivity index (χ4v) is 0.724. The van der Waals surface area contributed by atoms with Gasteiger partial charge in [-0.25, -0.2) is 0 Å².